The van der Waals surface area contributed by atoms with Gasteiger partial charge in [0.05, 0.1) is 11.5 Å². The molecule has 1 saturated heterocycles. The minimum atomic E-state index is -4.34. The Morgan fingerprint density at radius 1 is 1.50 bits per heavy atom. The summed E-state index contributed by atoms with van der Waals surface area (Å²) in [5.41, 5.74) is 0. The molecule has 0 bridgehead atoms. The second kappa shape index (κ2) is 3.97. The summed E-state index contributed by atoms with van der Waals surface area (Å²) in [7, 11) is 0. The minimum Gasteiger partial charge on any atom is -0.352 e. The van der Waals surface area contributed by atoms with Crippen molar-refractivity contribution >= 4 is 22.2 Å². The highest BCUT2D eigenvalue weighted by atomic mass is 32.1. The molecule has 1 N–H and O–H groups in total. The number of amides is 1. The maximum absolute atomic E-state index is 12.7. The van der Waals surface area contributed by atoms with Gasteiger partial charge in [-0.15, -0.1) is 11.3 Å². The number of nitrogens with zero attached hydrogens (tertiary/aromatic N) is 1. The third-order valence-corrected chi connectivity index (χ3v) is 3.26. The first kappa shape index (κ1) is 11.3. The fourth-order valence-electron chi connectivity index (χ4n) is 1.60. The van der Waals surface area contributed by atoms with E-state index in [-0.39, 0.29) is 19.0 Å². The first-order valence-electron chi connectivity index (χ1n) is 4.62. The number of hydrogen-bond donors (Lipinski definition) is 1. The molecule has 2 rings (SSSR count). The molecule has 16 heavy (non-hydrogen) atoms. The topological polar surface area (TPSA) is 32.3 Å². The van der Waals surface area contributed by atoms with Crippen LogP contribution >= 0.6 is 11.3 Å². The molecule has 0 aromatic carbocycles. The Labute approximate surface area is 93.9 Å². The standard InChI is InChI=1S/C9H9F3N2OS/c10-9(11,12)6-4-13-7(15)5-14(6)8-2-1-3-16-8/h1-3,6H,4-5H2,(H,13,15). The largest absolute Gasteiger partial charge is 0.410 e. The lowest BCUT2D eigenvalue weighted by Crippen LogP contribution is -2.60. The lowest BCUT2D eigenvalue weighted by atomic mass is 10.2. The summed E-state index contributed by atoms with van der Waals surface area (Å²) in [5.74, 6) is -0.381. The van der Waals surface area contributed by atoms with Crippen molar-refractivity contribution in [1.82, 2.24) is 5.32 Å². The van der Waals surface area contributed by atoms with Crippen LogP contribution in [-0.2, 0) is 4.79 Å². The first-order valence-corrected chi connectivity index (χ1v) is 5.50. The lowest BCUT2D eigenvalue weighted by Gasteiger charge is -2.36. The number of rotatable bonds is 1. The van der Waals surface area contributed by atoms with Crippen molar-refractivity contribution in [2.24, 2.45) is 0 Å². The smallest absolute Gasteiger partial charge is 0.352 e. The average molecular weight is 250 g/mol. The van der Waals surface area contributed by atoms with Gasteiger partial charge in [-0.3, -0.25) is 4.79 Å². The van der Waals surface area contributed by atoms with Crippen molar-refractivity contribution in [2.75, 3.05) is 18.0 Å². The molecule has 0 saturated carbocycles. The van der Waals surface area contributed by atoms with Gasteiger partial charge in [0.25, 0.3) is 0 Å². The number of alkyl halides is 3. The van der Waals surface area contributed by atoms with E-state index in [1.165, 1.54) is 11.3 Å². The highest BCUT2D eigenvalue weighted by Crippen LogP contribution is 2.32. The van der Waals surface area contributed by atoms with Crippen molar-refractivity contribution in [1.29, 1.82) is 0 Å². The summed E-state index contributed by atoms with van der Waals surface area (Å²) in [4.78, 5) is 12.2. The van der Waals surface area contributed by atoms with Gasteiger partial charge in [-0.25, -0.2) is 0 Å². The summed E-state index contributed by atoms with van der Waals surface area (Å²) >= 11 is 1.20. The molecule has 0 spiro atoms. The zero-order valence-corrected chi connectivity index (χ0v) is 8.94. The van der Waals surface area contributed by atoms with Crippen LogP contribution in [0.15, 0.2) is 17.5 Å². The molecule has 2 heterocycles. The van der Waals surface area contributed by atoms with Gasteiger partial charge < -0.3 is 10.2 Å². The molecular formula is C9H9F3N2OS. The fourth-order valence-corrected chi connectivity index (χ4v) is 2.38. The number of carbonyl (C=O) groups is 1. The van der Waals surface area contributed by atoms with Crippen LogP contribution in [0.1, 0.15) is 0 Å². The zero-order chi connectivity index (χ0) is 11.8. The van der Waals surface area contributed by atoms with E-state index in [0.29, 0.717) is 5.00 Å². The minimum absolute atomic E-state index is 0.245. The summed E-state index contributed by atoms with van der Waals surface area (Å²) in [6.07, 6.45) is -4.34. The van der Waals surface area contributed by atoms with Crippen molar-refractivity contribution in [3.05, 3.63) is 17.5 Å². The van der Waals surface area contributed by atoms with E-state index >= 15 is 0 Å². The molecule has 88 valence electrons. The van der Waals surface area contributed by atoms with Crippen molar-refractivity contribution in [3.63, 3.8) is 0 Å². The third-order valence-electron chi connectivity index (χ3n) is 2.35. The Kier molecular flexibility index (Phi) is 2.79. The van der Waals surface area contributed by atoms with E-state index < -0.39 is 12.2 Å². The predicted molar refractivity (Wildman–Crippen MR) is 54.5 cm³/mol. The van der Waals surface area contributed by atoms with Crippen LogP contribution in [0.4, 0.5) is 18.2 Å². The Balaban J connectivity index is 2.26. The van der Waals surface area contributed by atoms with Crippen molar-refractivity contribution in [3.8, 4) is 0 Å². The van der Waals surface area contributed by atoms with Gasteiger partial charge in [-0.1, -0.05) is 0 Å². The highest BCUT2D eigenvalue weighted by Gasteiger charge is 2.46. The van der Waals surface area contributed by atoms with Gasteiger partial charge in [0, 0.05) is 6.54 Å². The maximum Gasteiger partial charge on any atom is 0.410 e. The second-order valence-corrected chi connectivity index (χ2v) is 4.37. The van der Waals surface area contributed by atoms with Gasteiger partial charge in [0.2, 0.25) is 5.91 Å². The Morgan fingerprint density at radius 2 is 2.25 bits per heavy atom. The first-order chi connectivity index (χ1) is 7.48. The number of anilines is 1. The molecule has 7 heteroatoms. The highest BCUT2D eigenvalue weighted by molar-refractivity contribution is 7.14. The quantitative estimate of drug-likeness (QED) is 0.821. The van der Waals surface area contributed by atoms with E-state index in [1.54, 1.807) is 17.5 Å². The fraction of sp³-hybridized carbons (Fsp3) is 0.444. The molecule has 1 unspecified atom stereocenters. The summed E-state index contributed by atoms with van der Waals surface area (Å²) in [6, 6.07) is 1.62. The number of carbonyl (C=O) groups excluding carboxylic acids is 1. The van der Waals surface area contributed by atoms with E-state index in [4.69, 9.17) is 0 Å². The summed E-state index contributed by atoms with van der Waals surface area (Å²) in [6.45, 7) is -0.634. The molecule has 0 aliphatic carbocycles. The van der Waals surface area contributed by atoms with Crippen LogP contribution in [0, 0.1) is 0 Å². The van der Waals surface area contributed by atoms with Crippen molar-refractivity contribution < 1.29 is 18.0 Å². The Morgan fingerprint density at radius 3 is 2.81 bits per heavy atom. The predicted octanol–water partition coefficient (Wildman–Crippen LogP) is 1.62. The molecule has 1 aliphatic heterocycles. The van der Waals surface area contributed by atoms with E-state index in [2.05, 4.69) is 5.32 Å². The number of nitrogens with one attached hydrogen (secondary N) is 1. The van der Waals surface area contributed by atoms with Crippen LogP contribution < -0.4 is 10.2 Å². The van der Waals surface area contributed by atoms with E-state index in [1.807, 2.05) is 0 Å². The summed E-state index contributed by atoms with van der Waals surface area (Å²) < 4.78 is 38.2. The van der Waals surface area contributed by atoms with Crippen molar-refractivity contribution in [2.45, 2.75) is 12.2 Å². The molecule has 3 nitrogen and oxygen atoms in total. The van der Waals surface area contributed by atoms with E-state index in [9.17, 15) is 18.0 Å². The van der Waals surface area contributed by atoms with Gasteiger partial charge in [-0.05, 0) is 17.5 Å². The van der Waals surface area contributed by atoms with Crippen LogP contribution in [0.25, 0.3) is 0 Å². The average Bonchev–Trinajstić information content (AvgIpc) is 2.68. The molecule has 0 radical (unpaired) electrons. The SMILES string of the molecule is O=C1CN(c2cccs2)C(C(F)(F)F)CN1. The normalized spacial score (nSPS) is 22.1. The number of hydrogen-bond acceptors (Lipinski definition) is 3. The third kappa shape index (κ3) is 2.13. The van der Waals surface area contributed by atoms with Crippen LogP contribution in [0.3, 0.4) is 0 Å². The lowest BCUT2D eigenvalue weighted by molar-refractivity contribution is -0.152. The Hall–Kier alpha value is -1.24. The molecule has 1 aromatic heterocycles. The molecule has 1 amide bonds. The summed E-state index contributed by atoms with van der Waals surface area (Å²) in [5, 5.41) is 4.39. The van der Waals surface area contributed by atoms with Crippen LogP contribution in [0.2, 0.25) is 0 Å². The molecular weight excluding hydrogens is 241 g/mol. The van der Waals surface area contributed by atoms with Gasteiger partial charge in [-0.2, -0.15) is 13.2 Å². The number of thiophene rings is 1. The molecule has 1 aliphatic rings. The number of halogens is 3. The van der Waals surface area contributed by atoms with E-state index in [0.717, 1.165) is 4.90 Å². The van der Waals surface area contributed by atoms with Gasteiger partial charge >= 0.3 is 6.18 Å². The maximum atomic E-state index is 12.7. The number of piperazine rings is 1. The zero-order valence-electron chi connectivity index (χ0n) is 8.12. The molecule has 1 aromatic rings. The second-order valence-electron chi connectivity index (χ2n) is 3.44. The van der Waals surface area contributed by atoms with Crippen LogP contribution in [0.5, 0.6) is 0 Å². The Bertz CT molecular complexity index is 377. The van der Waals surface area contributed by atoms with Gasteiger partial charge in [0.1, 0.15) is 6.04 Å². The van der Waals surface area contributed by atoms with Crippen LogP contribution in [-0.4, -0.2) is 31.2 Å². The van der Waals surface area contributed by atoms with Gasteiger partial charge in [0.15, 0.2) is 0 Å². The molecule has 1 fully saturated rings. The molecule has 1 atom stereocenters. The monoisotopic (exact) mass is 250 g/mol.